The highest BCUT2D eigenvalue weighted by atomic mass is 16.2. The van der Waals surface area contributed by atoms with Crippen molar-refractivity contribution in [3.05, 3.63) is 70.3 Å². The second-order valence-corrected chi connectivity index (χ2v) is 8.08. The van der Waals surface area contributed by atoms with Gasteiger partial charge in [0.25, 0.3) is 11.8 Å². The van der Waals surface area contributed by atoms with Gasteiger partial charge in [0, 0.05) is 19.5 Å². The van der Waals surface area contributed by atoms with E-state index in [1.165, 1.54) is 21.6 Å². The Morgan fingerprint density at radius 1 is 1.00 bits per heavy atom. The fourth-order valence-electron chi connectivity index (χ4n) is 4.59. The Kier molecular flexibility index (Phi) is 5.22. The fourth-order valence-corrected chi connectivity index (χ4v) is 4.59. The molecule has 2 aliphatic heterocycles. The van der Waals surface area contributed by atoms with Gasteiger partial charge in [0.15, 0.2) is 0 Å². The highest BCUT2D eigenvalue weighted by Gasteiger charge is 2.35. The van der Waals surface area contributed by atoms with Crippen LogP contribution < -0.4 is 0 Å². The SMILES string of the molecule is Cc1cc(C)cc(C2CCCN2C(=O)CCCN2C(=O)c3ccccc3C2=O)c1. The quantitative estimate of drug-likeness (QED) is 0.724. The maximum atomic E-state index is 12.9. The number of hydrogen-bond acceptors (Lipinski definition) is 3. The minimum absolute atomic E-state index is 0.100. The summed E-state index contributed by atoms with van der Waals surface area (Å²) in [6.45, 7) is 5.21. The third kappa shape index (κ3) is 3.69. The smallest absolute Gasteiger partial charge is 0.261 e. The van der Waals surface area contributed by atoms with E-state index in [1.807, 2.05) is 4.90 Å². The lowest BCUT2D eigenvalue weighted by Crippen LogP contribution is -2.33. The first kappa shape index (κ1) is 19.4. The van der Waals surface area contributed by atoms with Gasteiger partial charge in [-0.15, -0.1) is 0 Å². The molecular formula is C24H26N2O3. The minimum atomic E-state index is -0.257. The molecule has 4 rings (SSSR count). The summed E-state index contributed by atoms with van der Waals surface area (Å²) in [4.78, 5) is 41.0. The highest BCUT2D eigenvalue weighted by Crippen LogP contribution is 2.33. The van der Waals surface area contributed by atoms with Crippen LogP contribution in [0.3, 0.4) is 0 Å². The summed E-state index contributed by atoms with van der Waals surface area (Å²) in [7, 11) is 0. The Morgan fingerprint density at radius 2 is 1.62 bits per heavy atom. The van der Waals surface area contributed by atoms with E-state index in [2.05, 4.69) is 32.0 Å². The van der Waals surface area contributed by atoms with Gasteiger partial charge in [-0.05, 0) is 50.8 Å². The first-order valence-electron chi connectivity index (χ1n) is 10.3. The Morgan fingerprint density at radius 3 is 2.24 bits per heavy atom. The van der Waals surface area contributed by atoms with Crippen LogP contribution in [0.5, 0.6) is 0 Å². The molecule has 0 bridgehead atoms. The van der Waals surface area contributed by atoms with E-state index in [4.69, 9.17) is 0 Å². The van der Waals surface area contributed by atoms with Crippen LogP contribution in [0.15, 0.2) is 42.5 Å². The number of rotatable bonds is 5. The maximum Gasteiger partial charge on any atom is 0.261 e. The molecule has 1 saturated heterocycles. The fraction of sp³-hybridized carbons (Fsp3) is 0.375. The van der Waals surface area contributed by atoms with E-state index in [0.717, 1.165) is 19.4 Å². The van der Waals surface area contributed by atoms with E-state index < -0.39 is 0 Å². The average molecular weight is 390 g/mol. The molecular weight excluding hydrogens is 364 g/mol. The number of aryl methyl sites for hydroxylation is 2. The number of nitrogens with zero attached hydrogens (tertiary/aromatic N) is 2. The van der Waals surface area contributed by atoms with E-state index in [9.17, 15) is 14.4 Å². The number of likely N-dealkylation sites (tertiary alicyclic amines) is 1. The number of benzene rings is 2. The maximum absolute atomic E-state index is 12.9. The number of amides is 3. The summed E-state index contributed by atoms with van der Waals surface area (Å²) in [5, 5.41) is 0. The van der Waals surface area contributed by atoms with Gasteiger partial charge in [0.05, 0.1) is 17.2 Å². The van der Waals surface area contributed by atoms with Crippen LogP contribution in [0.4, 0.5) is 0 Å². The molecule has 5 heteroatoms. The molecule has 0 spiro atoms. The van der Waals surface area contributed by atoms with E-state index in [-0.39, 0.29) is 30.3 Å². The molecule has 1 fully saturated rings. The molecule has 2 aliphatic rings. The van der Waals surface area contributed by atoms with Crippen molar-refractivity contribution in [1.82, 2.24) is 9.80 Å². The lowest BCUT2D eigenvalue weighted by Gasteiger charge is -2.26. The number of carbonyl (C=O) groups excluding carboxylic acids is 3. The molecule has 0 aromatic heterocycles. The summed E-state index contributed by atoms with van der Waals surface area (Å²) in [6, 6.07) is 13.5. The molecule has 2 heterocycles. The van der Waals surface area contributed by atoms with Gasteiger partial charge in [0.2, 0.25) is 5.91 Å². The molecule has 29 heavy (non-hydrogen) atoms. The number of carbonyl (C=O) groups is 3. The van der Waals surface area contributed by atoms with Crippen molar-refractivity contribution < 1.29 is 14.4 Å². The van der Waals surface area contributed by atoms with Gasteiger partial charge in [-0.25, -0.2) is 0 Å². The van der Waals surface area contributed by atoms with E-state index >= 15 is 0 Å². The molecule has 150 valence electrons. The van der Waals surface area contributed by atoms with Crippen LogP contribution in [-0.2, 0) is 4.79 Å². The van der Waals surface area contributed by atoms with Crippen LogP contribution in [0.25, 0.3) is 0 Å². The van der Waals surface area contributed by atoms with Crippen LogP contribution in [0.1, 0.15) is 69.1 Å². The van der Waals surface area contributed by atoms with E-state index in [1.54, 1.807) is 24.3 Å². The van der Waals surface area contributed by atoms with Gasteiger partial charge in [-0.3, -0.25) is 19.3 Å². The van der Waals surface area contributed by atoms with Crippen LogP contribution in [-0.4, -0.2) is 40.6 Å². The number of hydrogen-bond donors (Lipinski definition) is 0. The van der Waals surface area contributed by atoms with Gasteiger partial charge in [-0.2, -0.15) is 0 Å². The Bertz CT molecular complexity index is 927. The van der Waals surface area contributed by atoms with Crippen molar-refractivity contribution in [2.24, 2.45) is 0 Å². The standard InChI is InChI=1S/C24H26N2O3/c1-16-13-17(2)15-18(14-16)21-9-5-11-25(21)22(27)10-6-12-26-23(28)19-7-3-4-8-20(19)24(26)29/h3-4,7-8,13-15,21H,5-6,9-12H2,1-2H3. The molecule has 0 N–H and O–H groups in total. The lowest BCUT2D eigenvalue weighted by atomic mass is 9.99. The molecule has 0 radical (unpaired) electrons. The third-order valence-corrected chi connectivity index (χ3v) is 5.85. The van der Waals surface area contributed by atoms with Crippen molar-refractivity contribution >= 4 is 17.7 Å². The molecule has 3 amide bonds. The monoisotopic (exact) mass is 390 g/mol. The predicted octanol–water partition coefficient (Wildman–Crippen LogP) is 4.04. The largest absolute Gasteiger partial charge is 0.336 e. The van der Waals surface area contributed by atoms with E-state index in [0.29, 0.717) is 24.0 Å². The molecule has 2 aromatic rings. The molecule has 0 saturated carbocycles. The van der Waals surface area contributed by atoms with Crippen molar-refractivity contribution in [1.29, 1.82) is 0 Å². The first-order chi connectivity index (χ1) is 14.0. The van der Waals surface area contributed by atoms with Gasteiger partial charge < -0.3 is 4.90 Å². The van der Waals surface area contributed by atoms with Crippen molar-refractivity contribution in [2.75, 3.05) is 13.1 Å². The van der Waals surface area contributed by atoms with Gasteiger partial charge >= 0.3 is 0 Å². The molecule has 1 unspecified atom stereocenters. The van der Waals surface area contributed by atoms with Gasteiger partial charge in [0.1, 0.15) is 0 Å². The zero-order chi connectivity index (χ0) is 20.5. The number of fused-ring (bicyclic) bond motifs is 1. The van der Waals surface area contributed by atoms with Crippen molar-refractivity contribution in [2.45, 2.75) is 45.6 Å². The van der Waals surface area contributed by atoms with Gasteiger partial charge in [-0.1, -0.05) is 41.5 Å². The minimum Gasteiger partial charge on any atom is -0.336 e. The average Bonchev–Trinajstić information content (AvgIpc) is 3.27. The summed E-state index contributed by atoms with van der Waals surface area (Å²) in [6.07, 6.45) is 2.81. The molecule has 2 aromatic carbocycles. The number of imide groups is 1. The Balaban J connectivity index is 1.37. The molecule has 1 atom stereocenters. The summed E-state index contributed by atoms with van der Waals surface area (Å²) in [5.41, 5.74) is 4.54. The summed E-state index contributed by atoms with van der Waals surface area (Å²) >= 11 is 0. The van der Waals surface area contributed by atoms with Crippen LogP contribution >= 0.6 is 0 Å². The second kappa shape index (κ2) is 7.82. The first-order valence-corrected chi connectivity index (χ1v) is 10.3. The molecule has 5 nitrogen and oxygen atoms in total. The highest BCUT2D eigenvalue weighted by molar-refractivity contribution is 6.21. The Hall–Kier alpha value is -2.95. The van der Waals surface area contributed by atoms with Crippen molar-refractivity contribution in [3.63, 3.8) is 0 Å². The lowest BCUT2D eigenvalue weighted by molar-refractivity contribution is -0.132. The molecule has 0 aliphatic carbocycles. The normalized spacial score (nSPS) is 18.5. The van der Waals surface area contributed by atoms with Crippen LogP contribution in [0, 0.1) is 13.8 Å². The zero-order valence-corrected chi connectivity index (χ0v) is 17.0. The zero-order valence-electron chi connectivity index (χ0n) is 17.0. The third-order valence-electron chi connectivity index (χ3n) is 5.85. The van der Waals surface area contributed by atoms with Crippen LogP contribution in [0.2, 0.25) is 0 Å². The summed E-state index contributed by atoms with van der Waals surface area (Å²) < 4.78 is 0. The second-order valence-electron chi connectivity index (χ2n) is 8.08. The topological polar surface area (TPSA) is 57.7 Å². The summed E-state index contributed by atoms with van der Waals surface area (Å²) in [5.74, 6) is -0.414. The Labute approximate surface area is 171 Å². The predicted molar refractivity (Wildman–Crippen MR) is 111 cm³/mol. The van der Waals surface area contributed by atoms with Crippen molar-refractivity contribution in [3.8, 4) is 0 Å².